The van der Waals surface area contributed by atoms with Crippen LogP contribution in [-0.2, 0) is 24.1 Å². The summed E-state index contributed by atoms with van der Waals surface area (Å²) in [6.07, 6.45) is -2.32. The Balaban J connectivity index is 1.27. The van der Waals surface area contributed by atoms with Gasteiger partial charge in [-0.2, -0.15) is 30.7 Å². The lowest BCUT2D eigenvalue weighted by atomic mass is 9.90. The van der Waals surface area contributed by atoms with E-state index in [0.717, 1.165) is 72.2 Å². The molecule has 0 saturated carbocycles. The Morgan fingerprint density at radius 1 is 0.696 bits per heavy atom. The summed E-state index contributed by atoms with van der Waals surface area (Å²) in [4.78, 5) is 12.4. The molecule has 0 unspecified atom stereocenters. The molecule has 1 amide bonds. The number of unbranched alkanes of at least 4 members (excludes halogenated alkanes) is 2. The molecular weight excluding hydrogens is 615 g/mol. The number of carbonyl (C=O) groups excluding carboxylic acids is 1. The van der Waals surface area contributed by atoms with Crippen molar-refractivity contribution in [3.63, 3.8) is 0 Å². The SMILES string of the molecule is CN(CC(F)(F)C(F)(F)C(F)(F)F)C(=O)CCc1ccc(CCCCCc2c(-c3ccc(O)cc3)ccc3cc(O)ccc23)cc1. The van der Waals surface area contributed by atoms with Gasteiger partial charge in [-0.15, -0.1) is 0 Å². The number of aromatic hydroxyl groups is 2. The number of hydrogen-bond donors (Lipinski definition) is 2. The molecule has 11 heteroatoms. The van der Waals surface area contributed by atoms with E-state index in [1.807, 2.05) is 42.5 Å². The van der Waals surface area contributed by atoms with Crippen LogP contribution in [0.5, 0.6) is 11.5 Å². The average molecular weight is 650 g/mol. The van der Waals surface area contributed by atoms with Gasteiger partial charge in [0.25, 0.3) is 0 Å². The number of amides is 1. The molecule has 4 aromatic rings. The zero-order chi connectivity index (χ0) is 33.7. The first-order chi connectivity index (χ1) is 21.6. The van der Waals surface area contributed by atoms with E-state index < -0.39 is 30.5 Å². The van der Waals surface area contributed by atoms with Gasteiger partial charge in [-0.05, 0) is 95.0 Å². The van der Waals surface area contributed by atoms with Gasteiger partial charge < -0.3 is 15.1 Å². The van der Waals surface area contributed by atoms with Gasteiger partial charge in [-0.3, -0.25) is 4.79 Å². The zero-order valence-corrected chi connectivity index (χ0v) is 25.1. The summed E-state index contributed by atoms with van der Waals surface area (Å²) in [7, 11) is 0.769. The van der Waals surface area contributed by atoms with Crippen molar-refractivity contribution in [3.05, 3.63) is 95.6 Å². The lowest BCUT2D eigenvalue weighted by Gasteiger charge is -2.31. The van der Waals surface area contributed by atoms with E-state index in [1.165, 1.54) is 0 Å². The average Bonchev–Trinajstić information content (AvgIpc) is 2.99. The molecule has 46 heavy (non-hydrogen) atoms. The Hall–Kier alpha value is -4.28. The number of phenols is 2. The van der Waals surface area contributed by atoms with Crippen molar-refractivity contribution in [2.45, 2.75) is 63.0 Å². The maximum atomic E-state index is 13.6. The van der Waals surface area contributed by atoms with Crippen molar-refractivity contribution in [1.29, 1.82) is 0 Å². The van der Waals surface area contributed by atoms with E-state index >= 15 is 0 Å². The minimum absolute atomic E-state index is 0.108. The van der Waals surface area contributed by atoms with Crippen molar-refractivity contribution < 1.29 is 45.7 Å². The van der Waals surface area contributed by atoms with Gasteiger partial charge >= 0.3 is 18.0 Å². The van der Waals surface area contributed by atoms with E-state index in [0.29, 0.717) is 5.56 Å². The minimum Gasteiger partial charge on any atom is -0.508 e. The number of carbonyl (C=O) groups is 1. The quantitative estimate of drug-likeness (QED) is 0.112. The summed E-state index contributed by atoms with van der Waals surface area (Å²) in [6.45, 7) is -2.06. The van der Waals surface area contributed by atoms with Crippen LogP contribution < -0.4 is 0 Å². The van der Waals surface area contributed by atoms with E-state index in [9.17, 15) is 45.7 Å². The third-order valence-corrected chi connectivity index (χ3v) is 8.01. The minimum atomic E-state index is -6.44. The molecule has 2 N–H and O–H groups in total. The number of phenolic OH excluding ortho intramolecular Hbond substituents is 2. The number of fused-ring (bicyclic) bond motifs is 1. The van der Waals surface area contributed by atoms with Gasteiger partial charge in [-0.1, -0.05) is 61.0 Å². The standard InChI is InChI=1S/C35H34F7NO3/c1-43(22-33(36,37)34(38,39)35(40,41)42)32(46)20-11-24-9-7-23(8-10-24)5-3-2-4-6-31-29(25-12-15-27(44)16-13-25)18-14-26-21-28(45)17-19-30(26)31/h7-10,12-19,21,44-45H,2-6,11,20,22H2,1H3. The summed E-state index contributed by atoms with van der Waals surface area (Å²) in [6, 6.07) is 23.6. The summed E-state index contributed by atoms with van der Waals surface area (Å²) in [5.41, 5.74) is 4.95. The number of alkyl halides is 7. The molecule has 0 bridgehead atoms. The molecule has 0 atom stereocenters. The molecule has 246 valence electrons. The lowest BCUT2D eigenvalue weighted by molar-refractivity contribution is -0.355. The first-order valence-electron chi connectivity index (χ1n) is 14.8. The van der Waals surface area contributed by atoms with Crippen LogP contribution >= 0.6 is 0 Å². The van der Waals surface area contributed by atoms with Crippen molar-refractivity contribution >= 4 is 16.7 Å². The molecule has 4 rings (SSSR count). The largest absolute Gasteiger partial charge is 0.508 e. The summed E-state index contributed by atoms with van der Waals surface area (Å²) < 4.78 is 90.7. The maximum absolute atomic E-state index is 13.6. The summed E-state index contributed by atoms with van der Waals surface area (Å²) in [5, 5.41) is 21.6. The molecular formula is C35H34F7NO3. The first kappa shape index (κ1) is 34.6. The molecule has 4 aromatic carbocycles. The molecule has 0 aromatic heterocycles. The fourth-order valence-electron chi connectivity index (χ4n) is 5.38. The Kier molecular flexibility index (Phi) is 10.5. The van der Waals surface area contributed by atoms with Crippen LogP contribution in [0.3, 0.4) is 0 Å². The lowest BCUT2D eigenvalue weighted by Crippen LogP contribution is -2.57. The molecule has 0 aliphatic carbocycles. The van der Waals surface area contributed by atoms with Crippen molar-refractivity contribution in [3.8, 4) is 22.6 Å². The molecule has 0 aliphatic heterocycles. The van der Waals surface area contributed by atoms with E-state index in [1.54, 1.807) is 36.4 Å². The number of rotatable bonds is 13. The highest BCUT2D eigenvalue weighted by Gasteiger charge is 2.73. The van der Waals surface area contributed by atoms with Gasteiger partial charge in [0, 0.05) is 13.5 Å². The van der Waals surface area contributed by atoms with Crippen LogP contribution in [0.4, 0.5) is 30.7 Å². The van der Waals surface area contributed by atoms with E-state index in [-0.39, 0.29) is 29.2 Å². The van der Waals surface area contributed by atoms with Crippen molar-refractivity contribution in [2.24, 2.45) is 0 Å². The topological polar surface area (TPSA) is 60.8 Å². The third kappa shape index (κ3) is 8.10. The number of aryl methyl sites for hydroxylation is 3. The third-order valence-electron chi connectivity index (χ3n) is 8.01. The highest BCUT2D eigenvalue weighted by atomic mass is 19.4. The molecule has 0 heterocycles. The Morgan fingerprint density at radius 3 is 1.91 bits per heavy atom. The fourth-order valence-corrected chi connectivity index (χ4v) is 5.38. The van der Waals surface area contributed by atoms with Gasteiger partial charge in [0.05, 0.1) is 6.54 Å². The van der Waals surface area contributed by atoms with E-state index in [4.69, 9.17) is 0 Å². The van der Waals surface area contributed by atoms with Crippen LogP contribution in [0, 0.1) is 0 Å². The molecule has 0 aliphatic rings. The van der Waals surface area contributed by atoms with E-state index in [2.05, 4.69) is 0 Å². The molecule has 0 spiro atoms. The number of benzene rings is 4. The van der Waals surface area contributed by atoms with Crippen molar-refractivity contribution in [2.75, 3.05) is 13.6 Å². The molecule has 0 fully saturated rings. The fraction of sp³-hybridized carbons (Fsp3) is 0.343. The number of hydrogen-bond acceptors (Lipinski definition) is 3. The van der Waals surface area contributed by atoms with Crippen LogP contribution in [-0.4, -0.2) is 52.6 Å². The summed E-state index contributed by atoms with van der Waals surface area (Å²) in [5.74, 6) is -12.3. The summed E-state index contributed by atoms with van der Waals surface area (Å²) >= 11 is 0. The predicted octanol–water partition coefficient (Wildman–Crippen LogP) is 9.10. The van der Waals surface area contributed by atoms with Crippen LogP contribution in [0.25, 0.3) is 21.9 Å². The second-order valence-corrected chi connectivity index (χ2v) is 11.4. The Morgan fingerprint density at radius 2 is 1.28 bits per heavy atom. The van der Waals surface area contributed by atoms with Crippen LogP contribution in [0.1, 0.15) is 42.4 Å². The predicted molar refractivity (Wildman–Crippen MR) is 162 cm³/mol. The van der Waals surface area contributed by atoms with Gasteiger partial charge in [0.1, 0.15) is 11.5 Å². The Bertz CT molecular complexity index is 1640. The highest BCUT2D eigenvalue weighted by Crippen LogP contribution is 2.46. The van der Waals surface area contributed by atoms with Gasteiger partial charge in [-0.25, -0.2) is 0 Å². The molecule has 0 saturated heterocycles. The maximum Gasteiger partial charge on any atom is 0.459 e. The van der Waals surface area contributed by atoms with Gasteiger partial charge in [0.15, 0.2) is 0 Å². The smallest absolute Gasteiger partial charge is 0.459 e. The van der Waals surface area contributed by atoms with Crippen molar-refractivity contribution in [1.82, 2.24) is 4.90 Å². The second-order valence-electron chi connectivity index (χ2n) is 11.4. The van der Waals surface area contributed by atoms with Crippen LogP contribution in [0.15, 0.2) is 78.9 Å². The highest BCUT2D eigenvalue weighted by molar-refractivity contribution is 5.92. The van der Waals surface area contributed by atoms with Crippen LogP contribution in [0.2, 0.25) is 0 Å². The zero-order valence-electron chi connectivity index (χ0n) is 25.1. The number of halogens is 7. The van der Waals surface area contributed by atoms with Gasteiger partial charge in [0.2, 0.25) is 5.91 Å². The number of nitrogens with zero attached hydrogens (tertiary/aromatic N) is 1. The molecule has 4 nitrogen and oxygen atoms in total. The second kappa shape index (κ2) is 14.0. The molecule has 0 radical (unpaired) electrons. The first-order valence-corrected chi connectivity index (χ1v) is 14.8. The monoisotopic (exact) mass is 649 g/mol. The Labute approximate surface area is 262 Å². The normalized spacial score (nSPS) is 12.4.